The molecule has 1 fully saturated rings. The average Bonchev–Trinajstić information content (AvgIpc) is 2.63. The van der Waals surface area contributed by atoms with Crippen LogP contribution in [-0.2, 0) is 11.2 Å². The Morgan fingerprint density at radius 1 is 1.08 bits per heavy atom. The molecule has 0 unspecified atom stereocenters. The van der Waals surface area contributed by atoms with Gasteiger partial charge in [0.15, 0.2) is 0 Å². The number of rotatable bonds is 5. The van der Waals surface area contributed by atoms with Gasteiger partial charge in [-0.3, -0.25) is 4.79 Å². The number of anilines is 1. The summed E-state index contributed by atoms with van der Waals surface area (Å²) in [5, 5.41) is 14.2. The summed E-state index contributed by atoms with van der Waals surface area (Å²) in [7, 11) is 0. The Kier molecular flexibility index (Phi) is 5.39. The summed E-state index contributed by atoms with van der Waals surface area (Å²) in [5.74, 6) is -0.172. The van der Waals surface area contributed by atoms with Crippen LogP contribution in [0.15, 0.2) is 60.7 Å². The van der Waals surface area contributed by atoms with Gasteiger partial charge in [0.1, 0.15) is 5.60 Å². The topological polar surface area (TPSA) is 52.6 Å². The molecule has 1 amide bonds. The lowest BCUT2D eigenvalue weighted by molar-refractivity contribution is -0.150. The highest BCUT2D eigenvalue weighted by Gasteiger charge is 2.36. The van der Waals surface area contributed by atoms with E-state index in [-0.39, 0.29) is 5.91 Å². The maximum atomic E-state index is 12.7. The van der Waals surface area contributed by atoms with Crippen LogP contribution < -0.4 is 5.32 Å². The van der Waals surface area contributed by atoms with E-state index in [0.717, 1.165) is 24.1 Å². The quantitative estimate of drug-likeness (QED) is 0.881. The molecule has 2 aromatic rings. The fourth-order valence-electron chi connectivity index (χ4n) is 3.41. The zero-order valence-electron chi connectivity index (χ0n) is 14.7. The van der Waals surface area contributed by atoms with Gasteiger partial charge in [0.2, 0.25) is 0 Å². The maximum absolute atomic E-state index is 12.7. The Labute approximate surface area is 149 Å². The van der Waals surface area contributed by atoms with E-state index in [1.165, 1.54) is 0 Å². The van der Waals surface area contributed by atoms with Gasteiger partial charge in [-0.05, 0) is 37.5 Å². The molecule has 132 valence electrons. The fraction of sp³-hybridized carbons (Fsp3) is 0.381. The van der Waals surface area contributed by atoms with Crippen molar-refractivity contribution in [1.82, 2.24) is 4.90 Å². The molecule has 1 atom stereocenters. The van der Waals surface area contributed by atoms with Gasteiger partial charge in [0.25, 0.3) is 5.91 Å². The summed E-state index contributed by atoms with van der Waals surface area (Å²) < 4.78 is 0. The zero-order chi connectivity index (χ0) is 17.7. The number of amides is 1. The maximum Gasteiger partial charge on any atom is 0.254 e. The molecule has 0 radical (unpaired) electrons. The Bertz CT molecular complexity index is 678. The molecule has 25 heavy (non-hydrogen) atoms. The molecule has 4 nitrogen and oxygen atoms in total. The first kappa shape index (κ1) is 17.5. The molecule has 2 aromatic carbocycles. The van der Waals surface area contributed by atoms with Crippen molar-refractivity contribution in [2.24, 2.45) is 0 Å². The van der Waals surface area contributed by atoms with E-state index in [1.807, 2.05) is 48.5 Å². The number of piperidine rings is 1. The predicted molar refractivity (Wildman–Crippen MR) is 100 cm³/mol. The molecule has 0 spiro atoms. The molecule has 3 rings (SSSR count). The van der Waals surface area contributed by atoms with E-state index in [0.29, 0.717) is 25.6 Å². The van der Waals surface area contributed by atoms with Crippen molar-refractivity contribution in [3.8, 4) is 0 Å². The van der Waals surface area contributed by atoms with Gasteiger partial charge < -0.3 is 15.3 Å². The predicted octanol–water partition coefficient (Wildman–Crippen LogP) is 3.08. The van der Waals surface area contributed by atoms with Crippen LogP contribution in [0.2, 0.25) is 0 Å². The van der Waals surface area contributed by atoms with E-state index in [9.17, 15) is 9.90 Å². The minimum atomic E-state index is -1.36. The molecule has 1 aliphatic heterocycles. The van der Waals surface area contributed by atoms with Crippen molar-refractivity contribution in [3.63, 3.8) is 0 Å². The number of hydrogen-bond donors (Lipinski definition) is 2. The average molecular weight is 338 g/mol. The van der Waals surface area contributed by atoms with Crippen LogP contribution in [0.4, 0.5) is 5.69 Å². The van der Waals surface area contributed by atoms with Gasteiger partial charge in [-0.25, -0.2) is 0 Å². The van der Waals surface area contributed by atoms with Gasteiger partial charge >= 0.3 is 0 Å². The number of hydrogen-bond acceptors (Lipinski definition) is 3. The zero-order valence-corrected chi connectivity index (χ0v) is 14.7. The summed E-state index contributed by atoms with van der Waals surface area (Å²) in [6, 6.07) is 20.2. The number of likely N-dealkylation sites (tertiary alicyclic amines) is 1. The van der Waals surface area contributed by atoms with Crippen LogP contribution in [0, 0.1) is 0 Å². The van der Waals surface area contributed by atoms with Crippen molar-refractivity contribution in [2.45, 2.75) is 37.8 Å². The first-order valence-corrected chi connectivity index (χ1v) is 8.92. The second kappa shape index (κ2) is 7.70. The van der Waals surface area contributed by atoms with E-state index in [2.05, 4.69) is 17.4 Å². The first-order valence-electron chi connectivity index (χ1n) is 8.92. The number of nitrogens with one attached hydrogen (secondary N) is 1. The highest BCUT2D eigenvalue weighted by Crippen LogP contribution is 2.21. The third-order valence-electron chi connectivity index (χ3n) is 4.78. The molecule has 0 saturated carbocycles. The number of nitrogens with zero attached hydrogens (tertiary/aromatic N) is 1. The molecule has 1 saturated heterocycles. The second-order valence-corrected chi connectivity index (χ2v) is 7.01. The summed E-state index contributed by atoms with van der Waals surface area (Å²) in [6.07, 6.45) is 2.12. The summed E-state index contributed by atoms with van der Waals surface area (Å²) in [4.78, 5) is 14.5. The van der Waals surface area contributed by atoms with Crippen LogP contribution in [0.25, 0.3) is 0 Å². The monoisotopic (exact) mass is 338 g/mol. The SMILES string of the molecule is C[C@@](O)(Cc1ccccc1)C(=O)N1CCC(Nc2ccccc2)CC1. The Morgan fingerprint density at radius 2 is 1.64 bits per heavy atom. The largest absolute Gasteiger partial charge is 0.382 e. The van der Waals surface area contributed by atoms with Crippen LogP contribution in [0.3, 0.4) is 0 Å². The molecular weight excluding hydrogens is 312 g/mol. The van der Waals surface area contributed by atoms with Crippen molar-refractivity contribution < 1.29 is 9.90 Å². The van der Waals surface area contributed by atoms with Crippen LogP contribution in [-0.4, -0.2) is 40.6 Å². The molecule has 0 bridgehead atoms. The Hall–Kier alpha value is -2.33. The van der Waals surface area contributed by atoms with E-state index in [4.69, 9.17) is 0 Å². The van der Waals surface area contributed by atoms with Gasteiger partial charge in [-0.1, -0.05) is 48.5 Å². The van der Waals surface area contributed by atoms with Crippen LogP contribution in [0.5, 0.6) is 0 Å². The minimum Gasteiger partial charge on any atom is -0.382 e. The van der Waals surface area contributed by atoms with E-state index in [1.54, 1.807) is 11.8 Å². The lowest BCUT2D eigenvalue weighted by Crippen LogP contribution is -2.52. The molecule has 0 aliphatic carbocycles. The highest BCUT2D eigenvalue weighted by molar-refractivity contribution is 5.85. The van der Waals surface area contributed by atoms with Gasteiger partial charge in [-0.2, -0.15) is 0 Å². The highest BCUT2D eigenvalue weighted by atomic mass is 16.3. The summed E-state index contributed by atoms with van der Waals surface area (Å²) >= 11 is 0. The van der Waals surface area contributed by atoms with E-state index < -0.39 is 5.60 Å². The molecule has 0 aromatic heterocycles. The molecule has 1 heterocycles. The second-order valence-electron chi connectivity index (χ2n) is 7.01. The molecule has 2 N–H and O–H groups in total. The van der Waals surface area contributed by atoms with Crippen molar-refractivity contribution in [3.05, 3.63) is 66.2 Å². The number of benzene rings is 2. The van der Waals surface area contributed by atoms with Crippen molar-refractivity contribution in [1.29, 1.82) is 0 Å². The van der Waals surface area contributed by atoms with E-state index >= 15 is 0 Å². The third kappa shape index (κ3) is 4.60. The van der Waals surface area contributed by atoms with Crippen molar-refractivity contribution >= 4 is 11.6 Å². The van der Waals surface area contributed by atoms with Gasteiger partial charge in [-0.15, -0.1) is 0 Å². The third-order valence-corrected chi connectivity index (χ3v) is 4.78. The van der Waals surface area contributed by atoms with Crippen LogP contribution in [0.1, 0.15) is 25.3 Å². The lowest BCUT2D eigenvalue weighted by atomic mass is 9.93. The number of carbonyl (C=O) groups is 1. The first-order chi connectivity index (χ1) is 12.0. The standard InChI is InChI=1S/C21H26N2O2/c1-21(25,16-17-8-4-2-5-9-17)20(24)23-14-12-19(13-15-23)22-18-10-6-3-7-11-18/h2-11,19,22,25H,12-16H2,1H3/t21-/m1/s1. The lowest BCUT2D eigenvalue weighted by Gasteiger charge is -2.36. The van der Waals surface area contributed by atoms with Crippen LogP contribution >= 0.6 is 0 Å². The minimum absolute atomic E-state index is 0.172. The normalized spacial score (nSPS) is 17.8. The molecular formula is C21H26N2O2. The number of para-hydroxylation sites is 1. The number of aliphatic hydroxyl groups is 1. The van der Waals surface area contributed by atoms with Gasteiger partial charge in [0.05, 0.1) is 0 Å². The molecule has 1 aliphatic rings. The van der Waals surface area contributed by atoms with Gasteiger partial charge in [0, 0.05) is 31.2 Å². The van der Waals surface area contributed by atoms with Crippen molar-refractivity contribution in [2.75, 3.05) is 18.4 Å². The smallest absolute Gasteiger partial charge is 0.254 e. The Balaban J connectivity index is 1.54. The summed E-state index contributed by atoms with van der Waals surface area (Å²) in [5.41, 5.74) is 0.728. The summed E-state index contributed by atoms with van der Waals surface area (Å²) in [6.45, 7) is 2.97. The number of carbonyl (C=O) groups excluding carboxylic acids is 1. The Morgan fingerprint density at radius 3 is 2.24 bits per heavy atom. The fourth-order valence-corrected chi connectivity index (χ4v) is 3.41. The molecule has 4 heteroatoms.